The molecular formula is C13H16FNO2S. The zero-order valence-corrected chi connectivity index (χ0v) is 11.2. The predicted octanol–water partition coefficient (Wildman–Crippen LogP) is 2.24. The second-order valence-corrected chi connectivity index (χ2v) is 7.23. The molecule has 3 rings (SSSR count). The summed E-state index contributed by atoms with van der Waals surface area (Å²) in [6.07, 6.45) is 0.937. The average Bonchev–Trinajstić information content (AvgIpc) is 2.76. The van der Waals surface area contributed by atoms with Gasteiger partial charge in [0.25, 0.3) is 0 Å². The Hall–Kier alpha value is -0.940. The van der Waals surface area contributed by atoms with Gasteiger partial charge in [-0.1, -0.05) is 6.92 Å². The molecule has 1 aromatic carbocycles. The van der Waals surface area contributed by atoms with Crippen LogP contribution in [0.3, 0.4) is 0 Å². The molecule has 4 atom stereocenters. The van der Waals surface area contributed by atoms with Crippen LogP contribution in [0.1, 0.15) is 20.3 Å². The maximum absolute atomic E-state index is 12.9. The van der Waals surface area contributed by atoms with Gasteiger partial charge in [0.1, 0.15) is 5.82 Å². The van der Waals surface area contributed by atoms with Gasteiger partial charge in [-0.25, -0.2) is 12.8 Å². The first-order valence-electron chi connectivity index (χ1n) is 6.22. The highest BCUT2D eigenvalue weighted by Gasteiger charge is 2.60. The van der Waals surface area contributed by atoms with E-state index in [9.17, 15) is 12.8 Å². The molecule has 5 heteroatoms. The SMILES string of the molecule is C[C@H]1C2C[C@@H](C)N(S(=O)(=O)c3ccc(F)cc3)C21. The van der Waals surface area contributed by atoms with Crippen LogP contribution in [0.25, 0.3) is 0 Å². The number of benzene rings is 1. The van der Waals surface area contributed by atoms with Crippen molar-refractivity contribution in [1.82, 2.24) is 4.31 Å². The molecule has 98 valence electrons. The molecule has 1 aliphatic carbocycles. The molecule has 0 aromatic heterocycles. The summed E-state index contributed by atoms with van der Waals surface area (Å²) in [5, 5.41) is 0. The van der Waals surface area contributed by atoms with Crippen LogP contribution in [0.15, 0.2) is 29.2 Å². The molecule has 1 saturated heterocycles. The molecular weight excluding hydrogens is 253 g/mol. The van der Waals surface area contributed by atoms with E-state index in [-0.39, 0.29) is 17.0 Å². The van der Waals surface area contributed by atoms with Crippen molar-refractivity contribution in [3.8, 4) is 0 Å². The van der Waals surface area contributed by atoms with Gasteiger partial charge in [-0.3, -0.25) is 0 Å². The smallest absolute Gasteiger partial charge is 0.207 e. The third kappa shape index (κ3) is 1.61. The molecule has 1 aromatic rings. The predicted molar refractivity (Wildman–Crippen MR) is 65.9 cm³/mol. The summed E-state index contributed by atoms with van der Waals surface area (Å²) in [6.45, 7) is 4.04. The van der Waals surface area contributed by atoms with E-state index >= 15 is 0 Å². The van der Waals surface area contributed by atoms with Crippen LogP contribution in [-0.4, -0.2) is 24.8 Å². The van der Waals surface area contributed by atoms with Crippen molar-refractivity contribution in [3.63, 3.8) is 0 Å². The van der Waals surface area contributed by atoms with Crippen molar-refractivity contribution in [1.29, 1.82) is 0 Å². The monoisotopic (exact) mass is 269 g/mol. The number of halogens is 1. The van der Waals surface area contributed by atoms with Gasteiger partial charge in [0.2, 0.25) is 10.0 Å². The number of hydrogen-bond acceptors (Lipinski definition) is 2. The van der Waals surface area contributed by atoms with E-state index in [2.05, 4.69) is 6.92 Å². The number of nitrogens with zero attached hydrogens (tertiary/aromatic N) is 1. The first kappa shape index (κ1) is 12.1. The van der Waals surface area contributed by atoms with Crippen molar-refractivity contribution in [2.45, 2.75) is 37.2 Å². The maximum Gasteiger partial charge on any atom is 0.243 e. The molecule has 0 amide bonds. The van der Waals surface area contributed by atoms with Gasteiger partial charge in [-0.15, -0.1) is 0 Å². The Morgan fingerprint density at radius 3 is 2.39 bits per heavy atom. The Bertz CT molecular complexity index is 569. The molecule has 1 heterocycles. The zero-order chi connectivity index (χ0) is 13.1. The van der Waals surface area contributed by atoms with Gasteiger partial charge in [0.15, 0.2) is 0 Å². The van der Waals surface area contributed by atoms with Gasteiger partial charge >= 0.3 is 0 Å². The number of rotatable bonds is 2. The van der Waals surface area contributed by atoms with Crippen molar-refractivity contribution in [2.75, 3.05) is 0 Å². The summed E-state index contributed by atoms with van der Waals surface area (Å²) in [6, 6.07) is 5.28. The number of fused-ring (bicyclic) bond motifs is 1. The fraction of sp³-hybridized carbons (Fsp3) is 0.538. The van der Waals surface area contributed by atoms with Crippen molar-refractivity contribution >= 4 is 10.0 Å². The van der Waals surface area contributed by atoms with Crippen LogP contribution in [-0.2, 0) is 10.0 Å². The lowest BCUT2D eigenvalue weighted by Gasteiger charge is -2.25. The Labute approximate surface area is 107 Å². The highest BCUT2D eigenvalue weighted by molar-refractivity contribution is 7.89. The average molecular weight is 269 g/mol. The molecule has 3 nitrogen and oxygen atoms in total. The van der Waals surface area contributed by atoms with Crippen LogP contribution < -0.4 is 0 Å². The molecule has 0 radical (unpaired) electrons. The largest absolute Gasteiger partial charge is 0.243 e. The van der Waals surface area contributed by atoms with E-state index in [1.54, 1.807) is 4.31 Å². The summed E-state index contributed by atoms with van der Waals surface area (Å²) in [5.74, 6) is 0.549. The molecule has 0 spiro atoms. The van der Waals surface area contributed by atoms with Gasteiger partial charge in [0, 0.05) is 12.1 Å². The summed E-state index contributed by atoms with van der Waals surface area (Å²) in [5.41, 5.74) is 0. The fourth-order valence-electron chi connectivity index (χ4n) is 3.21. The zero-order valence-electron chi connectivity index (χ0n) is 10.4. The lowest BCUT2D eigenvalue weighted by atomic mass is 10.2. The normalized spacial score (nSPS) is 35.5. The molecule has 18 heavy (non-hydrogen) atoms. The lowest BCUT2D eigenvalue weighted by Crippen LogP contribution is -2.37. The second kappa shape index (κ2) is 3.78. The number of piperidine rings is 1. The van der Waals surface area contributed by atoms with E-state index < -0.39 is 15.8 Å². The molecule has 2 fully saturated rings. The van der Waals surface area contributed by atoms with E-state index in [0.717, 1.165) is 6.42 Å². The number of sulfonamides is 1. The molecule has 2 aliphatic rings. The summed E-state index contributed by atoms with van der Waals surface area (Å²) < 4.78 is 39.6. The summed E-state index contributed by atoms with van der Waals surface area (Å²) >= 11 is 0. The second-order valence-electron chi connectivity index (χ2n) is 5.39. The van der Waals surface area contributed by atoms with E-state index in [1.165, 1.54) is 24.3 Å². The van der Waals surface area contributed by atoms with Crippen molar-refractivity contribution < 1.29 is 12.8 Å². The first-order chi connectivity index (χ1) is 8.43. The Balaban J connectivity index is 1.97. The van der Waals surface area contributed by atoms with Gasteiger partial charge in [-0.05, 0) is 49.4 Å². The van der Waals surface area contributed by atoms with Crippen LogP contribution in [0.5, 0.6) is 0 Å². The summed E-state index contributed by atoms with van der Waals surface area (Å²) in [4.78, 5) is 0.190. The minimum atomic E-state index is -3.48. The molecule has 1 aliphatic heterocycles. The van der Waals surface area contributed by atoms with E-state index in [1.807, 2.05) is 6.92 Å². The Kier molecular flexibility index (Phi) is 2.54. The molecule has 0 bridgehead atoms. The van der Waals surface area contributed by atoms with Crippen LogP contribution in [0.2, 0.25) is 0 Å². The minimum Gasteiger partial charge on any atom is -0.207 e. The van der Waals surface area contributed by atoms with E-state index in [0.29, 0.717) is 11.8 Å². The van der Waals surface area contributed by atoms with Gasteiger partial charge in [-0.2, -0.15) is 4.31 Å². The Morgan fingerprint density at radius 1 is 1.22 bits per heavy atom. The standard InChI is InChI=1S/C13H16FNO2S/c1-8-7-12-9(2)13(12)15(8)18(16,17)11-5-3-10(14)4-6-11/h3-6,8-9,12-13H,7H2,1-2H3/t8-,9+,12?,13?/m1/s1. The van der Waals surface area contributed by atoms with Gasteiger partial charge in [0.05, 0.1) is 4.90 Å². The summed E-state index contributed by atoms with van der Waals surface area (Å²) in [7, 11) is -3.48. The molecule has 1 saturated carbocycles. The van der Waals surface area contributed by atoms with Crippen LogP contribution >= 0.6 is 0 Å². The maximum atomic E-state index is 12.9. The third-order valence-corrected chi connectivity index (χ3v) is 6.27. The lowest BCUT2D eigenvalue weighted by molar-refractivity contribution is 0.343. The van der Waals surface area contributed by atoms with Gasteiger partial charge < -0.3 is 0 Å². The highest BCUT2D eigenvalue weighted by atomic mass is 32.2. The Morgan fingerprint density at radius 2 is 1.83 bits per heavy atom. The minimum absolute atomic E-state index is 0.0475. The fourth-order valence-corrected chi connectivity index (χ4v) is 5.17. The van der Waals surface area contributed by atoms with Crippen LogP contribution in [0.4, 0.5) is 4.39 Å². The molecule has 0 N–H and O–H groups in total. The van der Waals surface area contributed by atoms with Crippen molar-refractivity contribution in [2.24, 2.45) is 11.8 Å². The quantitative estimate of drug-likeness (QED) is 0.825. The van der Waals surface area contributed by atoms with Crippen molar-refractivity contribution in [3.05, 3.63) is 30.1 Å². The van der Waals surface area contributed by atoms with E-state index in [4.69, 9.17) is 0 Å². The third-order valence-electron chi connectivity index (χ3n) is 4.24. The first-order valence-corrected chi connectivity index (χ1v) is 7.66. The number of hydrogen-bond donors (Lipinski definition) is 0. The van der Waals surface area contributed by atoms with Crippen LogP contribution in [0, 0.1) is 17.7 Å². The molecule has 2 unspecified atom stereocenters. The topological polar surface area (TPSA) is 37.4 Å². The highest BCUT2D eigenvalue weighted by Crippen LogP contribution is 2.54.